The van der Waals surface area contributed by atoms with Gasteiger partial charge in [-0.1, -0.05) is 109 Å². The van der Waals surface area contributed by atoms with Crippen molar-refractivity contribution in [2.24, 2.45) is 0 Å². The summed E-state index contributed by atoms with van der Waals surface area (Å²) < 4.78 is 26.3. The number of hydrogen-bond acceptors (Lipinski definition) is 4. The summed E-state index contributed by atoms with van der Waals surface area (Å²) in [4.78, 5) is 25.6. The van der Waals surface area contributed by atoms with Crippen LogP contribution in [-0.4, -0.2) is 16.9 Å². The zero-order valence-electron chi connectivity index (χ0n) is 22.4. The van der Waals surface area contributed by atoms with Gasteiger partial charge in [0, 0.05) is 22.9 Å². The van der Waals surface area contributed by atoms with Crippen molar-refractivity contribution in [1.82, 2.24) is 0 Å². The van der Waals surface area contributed by atoms with Crippen molar-refractivity contribution < 1.29 is 28.2 Å². The highest BCUT2D eigenvalue weighted by atomic mass is 19.1. The normalized spacial score (nSPS) is 11.7. The molecule has 0 saturated heterocycles. The number of para-hydroxylation sites is 1. The Hall–Kier alpha value is -5.49. The van der Waals surface area contributed by atoms with Crippen molar-refractivity contribution in [2.75, 3.05) is 0 Å². The van der Waals surface area contributed by atoms with Crippen LogP contribution >= 0.6 is 0 Å². The van der Waals surface area contributed by atoms with Crippen LogP contribution in [0.4, 0.5) is 4.39 Å². The van der Waals surface area contributed by atoms with E-state index in [2.05, 4.69) is 0 Å². The number of rotatable bonds is 9. The summed E-state index contributed by atoms with van der Waals surface area (Å²) in [7, 11) is 0. The third-order valence-corrected chi connectivity index (χ3v) is 7.09. The molecular formula is C36H25FO5. The van der Waals surface area contributed by atoms with E-state index in [4.69, 9.17) is 9.15 Å². The lowest BCUT2D eigenvalue weighted by atomic mass is 9.96. The summed E-state index contributed by atoms with van der Waals surface area (Å²) in [5, 5.41) is 10.1. The molecule has 5 nitrogen and oxygen atoms in total. The zero-order chi connectivity index (χ0) is 29.1. The number of halogens is 1. The van der Waals surface area contributed by atoms with Crippen LogP contribution in [0.25, 0.3) is 22.1 Å². The van der Waals surface area contributed by atoms with Crippen LogP contribution in [0.5, 0.6) is 5.75 Å². The molecule has 1 N–H and O–H groups in total. The van der Waals surface area contributed by atoms with E-state index in [9.17, 15) is 19.1 Å². The average molecular weight is 557 g/mol. The fraction of sp³-hybridized carbons (Fsp3) is 0.0556. The van der Waals surface area contributed by atoms with E-state index >= 15 is 0 Å². The summed E-state index contributed by atoms with van der Waals surface area (Å²) in [5.74, 6) is -0.998. The largest absolute Gasteiger partial charge is 0.478 e. The molecular weight excluding hydrogens is 531 g/mol. The molecule has 0 fully saturated rings. The second kappa shape index (κ2) is 11.6. The Labute approximate surface area is 241 Å². The summed E-state index contributed by atoms with van der Waals surface area (Å²) in [6.45, 7) is 0. The lowest BCUT2D eigenvalue weighted by Crippen LogP contribution is -2.18. The topological polar surface area (TPSA) is 76.7 Å². The summed E-state index contributed by atoms with van der Waals surface area (Å²) >= 11 is 0. The smallest absolute Gasteiger partial charge is 0.349 e. The van der Waals surface area contributed by atoms with Gasteiger partial charge in [0.1, 0.15) is 11.5 Å². The van der Waals surface area contributed by atoms with E-state index in [0.29, 0.717) is 40.0 Å². The number of hydrogen-bond donors (Lipinski definition) is 1. The fourth-order valence-electron chi connectivity index (χ4n) is 5.00. The van der Waals surface area contributed by atoms with Gasteiger partial charge in [-0.2, -0.15) is 0 Å². The molecule has 0 aliphatic carbocycles. The molecule has 5 aromatic carbocycles. The van der Waals surface area contributed by atoms with E-state index in [0.717, 1.165) is 16.7 Å². The quantitative estimate of drug-likeness (QED) is 0.181. The van der Waals surface area contributed by atoms with Crippen LogP contribution in [0.1, 0.15) is 38.9 Å². The van der Waals surface area contributed by atoms with Gasteiger partial charge in [0.15, 0.2) is 17.2 Å². The highest BCUT2D eigenvalue weighted by Crippen LogP contribution is 2.32. The number of carboxylic acid groups (broad SMARTS) is 1. The van der Waals surface area contributed by atoms with Crippen LogP contribution in [0.15, 0.2) is 132 Å². The van der Waals surface area contributed by atoms with Crippen LogP contribution < -0.4 is 4.74 Å². The van der Waals surface area contributed by atoms with E-state index in [1.54, 1.807) is 60.7 Å². The van der Waals surface area contributed by atoms with Crippen molar-refractivity contribution in [3.05, 3.63) is 161 Å². The number of ketones is 1. The number of carboxylic acids is 1. The summed E-state index contributed by atoms with van der Waals surface area (Å²) in [6, 6.07) is 37.2. The highest BCUT2D eigenvalue weighted by molar-refractivity contribution is 6.17. The Morgan fingerprint density at radius 3 is 2.00 bits per heavy atom. The first-order valence-corrected chi connectivity index (χ1v) is 13.4. The van der Waals surface area contributed by atoms with Gasteiger partial charge in [0.05, 0.1) is 5.56 Å². The maximum absolute atomic E-state index is 14.6. The van der Waals surface area contributed by atoms with E-state index < -0.39 is 17.9 Å². The predicted molar refractivity (Wildman–Crippen MR) is 158 cm³/mol. The van der Waals surface area contributed by atoms with Gasteiger partial charge < -0.3 is 14.3 Å². The lowest BCUT2D eigenvalue weighted by molar-refractivity contribution is -0.145. The number of ether oxygens (including phenoxy) is 1. The summed E-state index contributed by atoms with van der Waals surface area (Å²) in [6.07, 6.45) is -0.767. The third-order valence-electron chi connectivity index (χ3n) is 7.09. The predicted octanol–water partition coefficient (Wildman–Crippen LogP) is 8.27. The van der Waals surface area contributed by atoms with Gasteiger partial charge >= 0.3 is 5.97 Å². The lowest BCUT2D eigenvalue weighted by Gasteiger charge is -2.15. The van der Waals surface area contributed by atoms with Crippen molar-refractivity contribution >= 4 is 22.7 Å². The number of carbonyl (C=O) groups excluding carboxylic acids is 1. The molecule has 206 valence electrons. The molecule has 1 unspecified atom stereocenters. The first-order valence-electron chi connectivity index (χ1n) is 13.4. The minimum atomic E-state index is -1.12. The van der Waals surface area contributed by atoms with Crippen molar-refractivity contribution in [1.29, 1.82) is 0 Å². The molecule has 0 amide bonds. The number of aliphatic carboxylic acids is 1. The second-order valence-corrected chi connectivity index (χ2v) is 9.86. The van der Waals surface area contributed by atoms with Crippen LogP contribution in [-0.2, 0) is 11.2 Å². The van der Waals surface area contributed by atoms with Crippen molar-refractivity contribution in [2.45, 2.75) is 12.5 Å². The molecule has 1 atom stereocenters. The van der Waals surface area contributed by atoms with Crippen molar-refractivity contribution in [3.63, 3.8) is 0 Å². The monoisotopic (exact) mass is 556 g/mol. The minimum Gasteiger partial charge on any atom is -0.478 e. The molecule has 0 saturated carbocycles. The van der Waals surface area contributed by atoms with Crippen LogP contribution in [0.2, 0.25) is 0 Å². The number of carbonyl (C=O) groups is 2. The van der Waals surface area contributed by atoms with Gasteiger partial charge in [-0.05, 0) is 34.9 Å². The van der Waals surface area contributed by atoms with Gasteiger partial charge in [-0.3, -0.25) is 4.79 Å². The molecule has 0 bridgehead atoms. The standard InChI is InChI=1S/C36H25FO5/c37-30-13-7-12-29-32(31(42-35(29)30)22-23-8-3-1-4-9-23)33(38)26-16-14-24(15-17-26)25-18-20-28(21-19-25)41-34(36(39)40)27-10-5-2-6-11-27/h1-21,34H,22H2,(H,39,40). The zero-order valence-corrected chi connectivity index (χ0v) is 22.4. The maximum atomic E-state index is 14.6. The number of fused-ring (bicyclic) bond motifs is 1. The summed E-state index contributed by atoms with van der Waals surface area (Å²) in [5.41, 5.74) is 4.11. The Bertz CT molecular complexity index is 1860. The Morgan fingerprint density at radius 1 is 0.738 bits per heavy atom. The molecule has 0 aliphatic rings. The average Bonchev–Trinajstić information content (AvgIpc) is 3.39. The van der Waals surface area contributed by atoms with Gasteiger partial charge in [0.25, 0.3) is 0 Å². The fourth-order valence-corrected chi connectivity index (χ4v) is 5.00. The first-order chi connectivity index (χ1) is 20.5. The van der Waals surface area contributed by atoms with Gasteiger partial charge in [-0.15, -0.1) is 0 Å². The third kappa shape index (κ3) is 5.43. The molecule has 6 rings (SSSR count). The molecule has 6 heteroatoms. The molecule has 1 heterocycles. The van der Waals surface area contributed by atoms with Gasteiger partial charge in [-0.25, -0.2) is 9.18 Å². The number of benzene rings is 5. The molecule has 6 aromatic rings. The first kappa shape index (κ1) is 26.7. The molecule has 0 spiro atoms. The Kier molecular flexibility index (Phi) is 7.35. The Balaban J connectivity index is 1.25. The Morgan fingerprint density at radius 2 is 1.36 bits per heavy atom. The van der Waals surface area contributed by atoms with E-state index in [1.165, 1.54) is 6.07 Å². The SMILES string of the molecule is O=C(c1ccc(-c2ccc(OC(C(=O)O)c3ccccc3)cc2)cc1)c1c(Cc2ccccc2)oc2c(F)cccc12. The molecule has 0 radical (unpaired) electrons. The van der Waals surface area contributed by atoms with Crippen molar-refractivity contribution in [3.8, 4) is 16.9 Å². The maximum Gasteiger partial charge on any atom is 0.349 e. The van der Waals surface area contributed by atoms with Gasteiger partial charge in [0.2, 0.25) is 6.10 Å². The number of furan rings is 1. The van der Waals surface area contributed by atoms with Crippen LogP contribution in [0, 0.1) is 5.82 Å². The highest BCUT2D eigenvalue weighted by Gasteiger charge is 2.24. The molecule has 42 heavy (non-hydrogen) atoms. The molecule has 0 aliphatic heterocycles. The van der Waals surface area contributed by atoms with Crippen LogP contribution in [0.3, 0.4) is 0 Å². The second-order valence-electron chi connectivity index (χ2n) is 9.86. The van der Waals surface area contributed by atoms with E-state index in [1.807, 2.05) is 60.7 Å². The molecule has 1 aromatic heterocycles. The van der Waals surface area contributed by atoms with E-state index in [-0.39, 0.29) is 11.4 Å². The minimum absolute atomic E-state index is 0.0723.